The van der Waals surface area contributed by atoms with Crippen LogP contribution in [0.1, 0.15) is 25.7 Å². The van der Waals surface area contributed by atoms with Gasteiger partial charge in [0.05, 0.1) is 0 Å². The van der Waals surface area contributed by atoms with Crippen molar-refractivity contribution in [2.24, 2.45) is 0 Å². The van der Waals surface area contributed by atoms with Crippen molar-refractivity contribution in [2.75, 3.05) is 19.6 Å². The highest BCUT2D eigenvalue weighted by Crippen LogP contribution is 2.41. The second kappa shape index (κ2) is 22.2. The SMILES string of the molecule is C1=CCCC(N(c2ccc(-c3ccc(N(C4=CCCC=C4)c4ccccc4)cc3)cc2)c2ccc(-c3ccc(N(c4ccccc4)c4ccc(-c5ccc(N(c6ccccc6)c6ccccc6)cc5)cc4)cc3)cc2)=C1. The van der Waals surface area contributed by atoms with Crippen LogP contribution in [0.4, 0.5) is 56.9 Å². The first-order valence-electron chi connectivity index (χ1n) is 26.4. The third kappa shape index (κ3) is 10.3. The predicted molar refractivity (Wildman–Crippen MR) is 322 cm³/mol. The van der Waals surface area contributed by atoms with Crippen LogP contribution in [0.15, 0.2) is 315 Å². The van der Waals surface area contributed by atoms with Gasteiger partial charge in [0.1, 0.15) is 0 Å². The van der Waals surface area contributed by atoms with E-state index in [4.69, 9.17) is 0 Å². The second-order valence-corrected chi connectivity index (χ2v) is 19.2. The Morgan fingerprint density at radius 2 is 0.526 bits per heavy atom. The topological polar surface area (TPSA) is 13.0 Å². The first-order chi connectivity index (χ1) is 37.7. The maximum absolute atomic E-state index is 2.41. The molecule has 0 saturated heterocycles. The van der Waals surface area contributed by atoms with E-state index in [1.54, 1.807) is 0 Å². The van der Waals surface area contributed by atoms with Gasteiger partial charge in [-0.15, -0.1) is 0 Å². The highest BCUT2D eigenvalue weighted by Gasteiger charge is 2.19. The number of anilines is 10. The van der Waals surface area contributed by atoms with E-state index in [1.165, 1.54) is 44.8 Å². The Bertz CT molecular complexity index is 3580. The molecular weight excluding hydrogens is 921 g/mol. The quantitative estimate of drug-likeness (QED) is 0.101. The van der Waals surface area contributed by atoms with Crippen LogP contribution in [-0.4, -0.2) is 0 Å². The van der Waals surface area contributed by atoms with E-state index in [1.807, 2.05) is 0 Å². The van der Waals surface area contributed by atoms with Gasteiger partial charge in [-0.1, -0.05) is 170 Å². The van der Waals surface area contributed by atoms with Gasteiger partial charge < -0.3 is 19.6 Å². The summed E-state index contributed by atoms with van der Waals surface area (Å²) in [5.41, 5.74) is 20.8. The number of hydrogen-bond acceptors (Lipinski definition) is 4. The zero-order chi connectivity index (χ0) is 50.9. The molecule has 0 unspecified atom stereocenters. The number of allylic oxidation sites excluding steroid dienone is 7. The zero-order valence-corrected chi connectivity index (χ0v) is 42.5. The van der Waals surface area contributed by atoms with Crippen LogP contribution in [0, 0.1) is 0 Å². The lowest BCUT2D eigenvalue weighted by Crippen LogP contribution is -2.17. The van der Waals surface area contributed by atoms with Crippen LogP contribution in [0.2, 0.25) is 0 Å². The molecular formula is C72H58N4. The fraction of sp³-hybridized carbons (Fsp3) is 0.0556. The van der Waals surface area contributed by atoms with Gasteiger partial charge in [-0.2, -0.15) is 0 Å². The molecule has 10 aromatic rings. The summed E-state index contributed by atoms with van der Waals surface area (Å²) in [6, 6.07) is 96.1. The summed E-state index contributed by atoms with van der Waals surface area (Å²) in [4.78, 5) is 9.38. The van der Waals surface area contributed by atoms with Crippen LogP contribution >= 0.6 is 0 Å². The highest BCUT2D eigenvalue weighted by atomic mass is 15.2. The fourth-order valence-corrected chi connectivity index (χ4v) is 10.5. The molecule has 0 saturated carbocycles. The third-order valence-electron chi connectivity index (χ3n) is 14.3. The Hall–Kier alpha value is -9.64. The molecule has 4 nitrogen and oxygen atoms in total. The first-order valence-corrected chi connectivity index (χ1v) is 26.4. The van der Waals surface area contributed by atoms with E-state index in [9.17, 15) is 0 Å². The molecule has 0 fully saturated rings. The average Bonchev–Trinajstić information content (AvgIpc) is 3.50. The normalized spacial score (nSPS) is 12.8. The third-order valence-corrected chi connectivity index (χ3v) is 14.3. The van der Waals surface area contributed by atoms with Crippen molar-refractivity contribution < 1.29 is 0 Å². The lowest BCUT2D eigenvalue weighted by atomic mass is 10.0. The molecule has 0 spiro atoms. The molecule has 0 aromatic heterocycles. The van der Waals surface area contributed by atoms with E-state index >= 15 is 0 Å². The largest absolute Gasteiger partial charge is 0.314 e. The molecule has 2 aliphatic carbocycles. The Morgan fingerprint density at radius 1 is 0.237 bits per heavy atom. The van der Waals surface area contributed by atoms with Crippen LogP contribution in [0.25, 0.3) is 33.4 Å². The van der Waals surface area contributed by atoms with E-state index in [-0.39, 0.29) is 0 Å². The molecule has 76 heavy (non-hydrogen) atoms. The molecule has 0 atom stereocenters. The molecule has 0 radical (unpaired) electrons. The van der Waals surface area contributed by atoms with Crippen LogP contribution < -0.4 is 19.6 Å². The number of rotatable bonds is 15. The van der Waals surface area contributed by atoms with E-state index in [0.29, 0.717) is 0 Å². The standard InChI is InChI=1S/C72H58N4/c1-7-19-61(20-8-1)73(62-21-9-2-10-22-62)67-43-31-55(32-44-67)57-35-47-69(48-36-57)75(65-27-15-5-16-28-65)71-51-39-59(40-52-71)60-41-53-72(54-42-60)76(66-29-17-6-18-30-66)70-49-37-58(38-50-70)56-33-45-68(46-34-56)74(63-23-11-3-12-24-63)64-25-13-4-14-26-64/h1-3,5-13,15-17,19-29,31-54H,4,14,18,30H2. The van der Waals surface area contributed by atoms with Gasteiger partial charge in [0.25, 0.3) is 0 Å². The van der Waals surface area contributed by atoms with Crippen molar-refractivity contribution in [3.63, 3.8) is 0 Å². The van der Waals surface area contributed by atoms with Crippen molar-refractivity contribution in [2.45, 2.75) is 25.7 Å². The summed E-state index contributed by atoms with van der Waals surface area (Å²) in [6.45, 7) is 0. The maximum Gasteiger partial charge on any atom is 0.0462 e. The Balaban J connectivity index is 0.769. The maximum atomic E-state index is 2.41. The Kier molecular flexibility index (Phi) is 13.9. The number of benzene rings is 10. The average molecular weight is 979 g/mol. The molecule has 2 aliphatic rings. The molecule has 4 heteroatoms. The van der Waals surface area contributed by atoms with Crippen LogP contribution in [-0.2, 0) is 0 Å². The monoisotopic (exact) mass is 978 g/mol. The van der Waals surface area contributed by atoms with Gasteiger partial charge in [0.2, 0.25) is 0 Å². The van der Waals surface area contributed by atoms with E-state index in [0.717, 1.165) is 82.6 Å². The van der Waals surface area contributed by atoms with Gasteiger partial charge in [0.15, 0.2) is 0 Å². The summed E-state index contributed by atoms with van der Waals surface area (Å²) in [5, 5.41) is 0. The Labute approximate surface area is 448 Å². The molecule has 0 amide bonds. The zero-order valence-electron chi connectivity index (χ0n) is 42.5. The predicted octanol–water partition coefficient (Wildman–Crippen LogP) is 20.4. The van der Waals surface area contributed by atoms with Gasteiger partial charge in [0, 0.05) is 68.3 Å². The fourth-order valence-electron chi connectivity index (χ4n) is 10.5. The van der Waals surface area contributed by atoms with Crippen molar-refractivity contribution >= 4 is 56.9 Å². The summed E-state index contributed by atoms with van der Waals surface area (Å²) in [7, 11) is 0. The number of para-hydroxylation sites is 4. The van der Waals surface area contributed by atoms with E-state index < -0.39 is 0 Å². The van der Waals surface area contributed by atoms with E-state index in [2.05, 4.69) is 323 Å². The second-order valence-electron chi connectivity index (χ2n) is 19.2. The molecule has 0 heterocycles. The van der Waals surface area contributed by atoms with Crippen molar-refractivity contribution in [3.8, 4) is 33.4 Å². The number of hydrogen-bond donors (Lipinski definition) is 0. The summed E-state index contributed by atoms with van der Waals surface area (Å²) in [6.07, 6.45) is 17.7. The molecule has 366 valence electrons. The smallest absolute Gasteiger partial charge is 0.0462 e. The van der Waals surface area contributed by atoms with Gasteiger partial charge in [-0.25, -0.2) is 0 Å². The minimum atomic E-state index is 0.976. The minimum absolute atomic E-state index is 0.976. The Morgan fingerprint density at radius 3 is 0.816 bits per heavy atom. The summed E-state index contributed by atoms with van der Waals surface area (Å²) >= 11 is 0. The van der Waals surface area contributed by atoms with Crippen LogP contribution in [0.3, 0.4) is 0 Å². The number of nitrogens with zero attached hydrogens (tertiary/aromatic N) is 4. The molecule has 0 aliphatic heterocycles. The van der Waals surface area contributed by atoms with Crippen LogP contribution in [0.5, 0.6) is 0 Å². The minimum Gasteiger partial charge on any atom is -0.314 e. The lowest BCUT2D eigenvalue weighted by molar-refractivity contribution is 0.918. The molecule has 0 bridgehead atoms. The summed E-state index contributed by atoms with van der Waals surface area (Å²) in [5.74, 6) is 0. The van der Waals surface area contributed by atoms with Crippen molar-refractivity contribution in [3.05, 3.63) is 315 Å². The first kappa shape index (κ1) is 47.4. The summed E-state index contributed by atoms with van der Waals surface area (Å²) < 4.78 is 0. The van der Waals surface area contributed by atoms with Gasteiger partial charge in [-0.3, -0.25) is 0 Å². The van der Waals surface area contributed by atoms with Gasteiger partial charge in [-0.05, 0) is 193 Å². The molecule has 10 aromatic carbocycles. The van der Waals surface area contributed by atoms with Crippen molar-refractivity contribution in [1.29, 1.82) is 0 Å². The highest BCUT2D eigenvalue weighted by molar-refractivity contribution is 5.83. The van der Waals surface area contributed by atoms with Gasteiger partial charge >= 0.3 is 0 Å². The lowest BCUT2D eigenvalue weighted by Gasteiger charge is -2.29. The molecule has 0 N–H and O–H groups in total. The molecule has 12 rings (SSSR count). The van der Waals surface area contributed by atoms with Crippen molar-refractivity contribution in [1.82, 2.24) is 0 Å².